The van der Waals surface area contributed by atoms with Gasteiger partial charge >= 0.3 is 5.97 Å². The van der Waals surface area contributed by atoms with E-state index in [2.05, 4.69) is 220 Å². The summed E-state index contributed by atoms with van der Waals surface area (Å²) in [7, 11) is -5.73. The summed E-state index contributed by atoms with van der Waals surface area (Å²) in [5, 5.41) is 0.146. The number of esters is 1. The molecule has 8 nitrogen and oxygen atoms in total. The molecule has 0 aromatic heterocycles. The summed E-state index contributed by atoms with van der Waals surface area (Å²) in [5.74, 6) is 1.66. The normalized spacial score (nSPS) is 18.5. The summed E-state index contributed by atoms with van der Waals surface area (Å²) in [6.07, 6.45) is 21.6. The van der Waals surface area contributed by atoms with Gasteiger partial charge in [-0.3, -0.25) is 0 Å². The molecule has 77 heavy (non-hydrogen) atoms. The van der Waals surface area contributed by atoms with E-state index in [-0.39, 0.29) is 80.3 Å². The fourth-order valence-corrected chi connectivity index (χ4v) is 14.3. The van der Waals surface area contributed by atoms with Crippen LogP contribution in [0.15, 0.2) is 85.5 Å². The van der Waals surface area contributed by atoms with Crippen molar-refractivity contribution in [1.82, 2.24) is 0 Å². The number of carbonyl (C=O) groups is 1. The Morgan fingerprint density at radius 2 is 1.01 bits per heavy atom. The molecule has 0 amide bonds. The second-order valence-electron chi connectivity index (χ2n) is 29.1. The molecule has 0 radical (unpaired) electrons. The van der Waals surface area contributed by atoms with Gasteiger partial charge in [0.2, 0.25) is 0 Å². The maximum absolute atomic E-state index is 11.9. The molecule has 0 spiro atoms. The van der Waals surface area contributed by atoms with Gasteiger partial charge in [0.1, 0.15) is 5.75 Å². The van der Waals surface area contributed by atoms with Gasteiger partial charge in [-0.15, -0.1) is 0 Å². The number of allylic oxidation sites excluding steroid dienone is 4. The van der Waals surface area contributed by atoms with Crippen LogP contribution < -0.4 is 4.74 Å². The van der Waals surface area contributed by atoms with E-state index in [0.29, 0.717) is 24.9 Å². The first kappa shape index (κ1) is 72.9. The van der Waals surface area contributed by atoms with E-state index in [0.717, 1.165) is 30.6 Å². The first-order valence-electron chi connectivity index (χ1n) is 29.3. The summed E-state index contributed by atoms with van der Waals surface area (Å²) in [6.45, 7) is 65.4. The van der Waals surface area contributed by atoms with Gasteiger partial charge in [0.15, 0.2) is 33.3 Å². The smallest absolute Gasteiger partial charge is 0.330 e. The Morgan fingerprint density at radius 1 is 0.545 bits per heavy atom. The van der Waals surface area contributed by atoms with Crippen molar-refractivity contribution < 1.29 is 36.7 Å². The van der Waals surface area contributed by atoms with E-state index in [1.165, 1.54) is 13.2 Å². The van der Waals surface area contributed by atoms with Gasteiger partial charge in [0.05, 0.1) is 51.3 Å². The third kappa shape index (κ3) is 24.1. The maximum atomic E-state index is 11.9. The van der Waals surface area contributed by atoms with Crippen LogP contribution in [0.5, 0.6) is 5.75 Å². The summed E-state index contributed by atoms with van der Waals surface area (Å²) in [4.78, 5) is 11.9. The number of ether oxygens (including phenoxy) is 3. The minimum Gasteiger partial charge on any atom is -0.497 e. The Bertz CT molecular complexity index is 2010. The van der Waals surface area contributed by atoms with Gasteiger partial charge in [0, 0.05) is 24.3 Å². The Balaban J connectivity index is 3.84. The fourth-order valence-electron chi connectivity index (χ4n) is 8.70. The van der Waals surface area contributed by atoms with Gasteiger partial charge in [-0.25, -0.2) is 4.79 Å². The summed E-state index contributed by atoms with van der Waals surface area (Å²) >= 11 is 0. The zero-order chi connectivity index (χ0) is 59.8. The summed E-state index contributed by atoms with van der Waals surface area (Å²) < 4.78 is 47.1. The van der Waals surface area contributed by atoms with E-state index in [9.17, 15) is 4.79 Å². The number of carbonyl (C=O) groups excluding carboxylic acids is 1. The molecular formula is C65H120O8Si4. The zero-order valence-corrected chi connectivity index (χ0v) is 58.9. The zero-order valence-electron chi connectivity index (χ0n) is 54.9. The van der Waals surface area contributed by atoms with E-state index < -0.39 is 33.3 Å². The minimum absolute atomic E-state index is 0.0114. The Morgan fingerprint density at radius 3 is 1.49 bits per heavy atom. The number of hydrogen-bond donors (Lipinski definition) is 0. The van der Waals surface area contributed by atoms with Crippen molar-refractivity contribution in [2.45, 2.75) is 260 Å². The average molecular weight is 1140 g/mol. The third-order valence-electron chi connectivity index (χ3n) is 18.2. The maximum Gasteiger partial charge on any atom is 0.330 e. The lowest BCUT2D eigenvalue weighted by Gasteiger charge is -2.44. The van der Waals surface area contributed by atoms with Crippen molar-refractivity contribution in [3.05, 3.63) is 91.1 Å². The van der Waals surface area contributed by atoms with Crippen molar-refractivity contribution in [3.8, 4) is 5.75 Å². The molecule has 0 aliphatic rings. The standard InChI is InChI=1S/C65H120O8Si4/c1-30-31-34-50(4)61(69-47-54-39-42-55(67-20)43-40-54)53(7)57(71-75(24,25)63(11,12)13)44-37-48(2)45-52(6)60(73-77(28,29)65(17,18)19)51(5)38-41-56(70-74(22,23)62(8,9)10)46-58(72-76(26,27)64(14,15)16)49(3)35-32-33-36-59(66)68-21/h30-36,38-43,48-53,56-58,60-61H,1,37,44-47H2,2-29H3/t48-,49-,50-,51-,52+,53-,56+,57+,58-,60-,61-/m0/s1. The molecule has 12 heteroatoms. The number of benzene rings is 1. The highest BCUT2D eigenvalue weighted by atomic mass is 28.4. The van der Waals surface area contributed by atoms with Gasteiger partial charge < -0.3 is 31.9 Å². The van der Waals surface area contributed by atoms with Crippen LogP contribution >= 0.6 is 0 Å². The second kappa shape index (κ2) is 30.8. The highest BCUT2D eigenvalue weighted by molar-refractivity contribution is 6.75. The minimum atomic E-state index is -2.24. The van der Waals surface area contributed by atoms with Gasteiger partial charge in [-0.2, -0.15) is 0 Å². The Hall–Kier alpha value is -2.14. The van der Waals surface area contributed by atoms with Crippen LogP contribution in [-0.2, 0) is 38.6 Å². The molecule has 0 saturated carbocycles. The number of hydrogen-bond acceptors (Lipinski definition) is 8. The van der Waals surface area contributed by atoms with Crippen LogP contribution in [0.25, 0.3) is 0 Å². The SMILES string of the molecule is C=CC=C[C@H](C)[C@H](OCc1ccc(OC)cc1)[C@@H](C)[C@@H](CC[C@H](C)C[C@@H](C)[C@@H](O[Si](C)(C)C(C)(C)C)[C@@H](C)C=C[C@H](C[C@H](O[Si](C)(C)C(C)(C)C)[C@@H](C)C=CC=CC(=O)OC)O[Si](C)(C)C(C)(C)C)O[Si](C)(C)C(C)(C)C. The molecule has 0 saturated heterocycles. The van der Waals surface area contributed by atoms with Crippen molar-refractivity contribution in [2.24, 2.45) is 35.5 Å². The van der Waals surface area contributed by atoms with Crippen molar-refractivity contribution in [2.75, 3.05) is 14.2 Å². The van der Waals surface area contributed by atoms with Crippen molar-refractivity contribution in [3.63, 3.8) is 0 Å². The largest absolute Gasteiger partial charge is 0.497 e. The summed E-state index contributed by atoms with van der Waals surface area (Å²) in [5.41, 5.74) is 1.12. The topological polar surface area (TPSA) is 81.7 Å². The third-order valence-corrected chi connectivity index (χ3v) is 36.2. The number of methoxy groups -OCH3 is 2. The van der Waals surface area contributed by atoms with Crippen LogP contribution in [0.2, 0.25) is 72.5 Å². The molecule has 1 aromatic carbocycles. The molecule has 1 aromatic rings. The van der Waals surface area contributed by atoms with E-state index in [1.807, 2.05) is 30.4 Å². The van der Waals surface area contributed by atoms with E-state index in [1.54, 1.807) is 13.2 Å². The van der Waals surface area contributed by atoms with Gasteiger partial charge in [0.25, 0.3) is 0 Å². The lowest BCUT2D eigenvalue weighted by atomic mass is 9.82. The lowest BCUT2D eigenvalue weighted by molar-refractivity contribution is -0.134. The second-order valence-corrected chi connectivity index (χ2v) is 48.1. The highest BCUT2D eigenvalue weighted by Crippen LogP contribution is 2.44. The quantitative estimate of drug-likeness (QED) is 0.0232. The van der Waals surface area contributed by atoms with Crippen LogP contribution in [0.1, 0.15) is 156 Å². The first-order chi connectivity index (χ1) is 35.0. The fraction of sp³-hybridized carbons (Fsp3) is 0.738. The lowest BCUT2D eigenvalue weighted by Crippen LogP contribution is -2.48. The van der Waals surface area contributed by atoms with Crippen LogP contribution in [0, 0.1) is 35.5 Å². The molecule has 11 atom stereocenters. The summed E-state index contributed by atoms with van der Waals surface area (Å²) in [6, 6.07) is 8.20. The molecule has 0 unspecified atom stereocenters. The Labute approximate surface area is 479 Å². The molecule has 0 aliphatic heterocycles. The molecule has 0 aliphatic carbocycles. The predicted molar refractivity (Wildman–Crippen MR) is 342 cm³/mol. The van der Waals surface area contributed by atoms with Crippen molar-refractivity contribution >= 4 is 39.2 Å². The van der Waals surface area contributed by atoms with Gasteiger partial charge in [-0.05, 0) is 133 Å². The monoisotopic (exact) mass is 1140 g/mol. The molecule has 0 heterocycles. The number of rotatable bonds is 32. The molecular weight excluding hydrogens is 1020 g/mol. The molecule has 0 N–H and O–H groups in total. The molecule has 1 rings (SSSR count). The van der Waals surface area contributed by atoms with Crippen LogP contribution in [-0.4, -0.2) is 84.0 Å². The Kier molecular flexibility index (Phi) is 29.1. The van der Waals surface area contributed by atoms with Crippen LogP contribution in [0.4, 0.5) is 0 Å². The molecule has 0 fully saturated rings. The first-order valence-corrected chi connectivity index (χ1v) is 41.0. The molecule has 444 valence electrons. The van der Waals surface area contributed by atoms with E-state index in [4.69, 9.17) is 31.9 Å². The molecule has 0 bridgehead atoms. The van der Waals surface area contributed by atoms with E-state index >= 15 is 0 Å². The predicted octanol–water partition coefficient (Wildman–Crippen LogP) is 19.1. The highest BCUT2D eigenvalue weighted by Gasteiger charge is 2.45. The van der Waals surface area contributed by atoms with Crippen LogP contribution in [0.3, 0.4) is 0 Å². The van der Waals surface area contributed by atoms with Crippen molar-refractivity contribution in [1.29, 1.82) is 0 Å². The van der Waals surface area contributed by atoms with Gasteiger partial charge in [-0.1, -0.05) is 192 Å². The average Bonchev–Trinajstić information content (AvgIpc) is 3.29.